The van der Waals surface area contributed by atoms with Crippen molar-refractivity contribution in [2.24, 2.45) is 0 Å². The van der Waals surface area contributed by atoms with Gasteiger partial charge in [-0.05, 0) is 46.7 Å². The minimum absolute atomic E-state index is 0.0295. The molecule has 0 saturated carbocycles. The molecule has 0 aliphatic heterocycles. The molecule has 1 amide bonds. The SMILES string of the molecule is COc1cccc(OC)c1Oc1nnc(S(=O)(=O)Cc2ccc(C(=O)NCc3ccccc3)cc2)s1. The van der Waals surface area contributed by atoms with Crippen molar-refractivity contribution in [3.63, 3.8) is 0 Å². The van der Waals surface area contributed by atoms with Gasteiger partial charge < -0.3 is 19.5 Å². The van der Waals surface area contributed by atoms with Crippen molar-refractivity contribution < 1.29 is 27.4 Å². The Balaban J connectivity index is 1.41. The fraction of sp³-hybridized carbons (Fsp3) is 0.160. The van der Waals surface area contributed by atoms with Crippen molar-refractivity contribution in [1.29, 1.82) is 0 Å². The van der Waals surface area contributed by atoms with Crippen molar-refractivity contribution in [3.8, 4) is 22.4 Å². The number of ether oxygens (including phenoxy) is 3. The molecule has 0 unspecified atom stereocenters. The number of hydrogen-bond donors (Lipinski definition) is 1. The molecule has 0 saturated heterocycles. The molecule has 1 N–H and O–H groups in total. The van der Waals surface area contributed by atoms with E-state index in [-0.39, 0.29) is 26.9 Å². The van der Waals surface area contributed by atoms with E-state index in [2.05, 4.69) is 15.5 Å². The van der Waals surface area contributed by atoms with Crippen molar-refractivity contribution in [2.75, 3.05) is 14.2 Å². The highest BCUT2D eigenvalue weighted by Gasteiger charge is 2.23. The summed E-state index contributed by atoms with van der Waals surface area (Å²) in [4.78, 5) is 12.4. The van der Waals surface area contributed by atoms with Crippen LogP contribution in [-0.2, 0) is 22.1 Å². The van der Waals surface area contributed by atoms with E-state index in [1.807, 2.05) is 30.3 Å². The van der Waals surface area contributed by atoms with Gasteiger partial charge in [0.2, 0.25) is 19.9 Å². The number of methoxy groups -OCH3 is 2. The molecule has 186 valence electrons. The van der Waals surface area contributed by atoms with Gasteiger partial charge in [-0.3, -0.25) is 4.79 Å². The summed E-state index contributed by atoms with van der Waals surface area (Å²) in [6.07, 6.45) is 0. The Labute approximate surface area is 212 Å². The van der Waals surface area contributed by atoms with E-state index in [4.69, 9.17) is 14.2 Å². The summed E-state index contributed by atoms with van der Waals surface area (Å²) in [6, 6.07) is 21.0. The molecule has 9 nitrogen and oxygen atoms in total. The molecular formula is C25H23N3O6S2. The van der Waals surface area contributed by atoms with Crippen LogP contribution in [0.2, 0.25) is 0 Å². The fourth-order valence-electron chi connectivity index (χ4n) is 3.28. The predicted octanol–water partition coefficient (Wildman–Crippen LogP) is 4.25. The number of amides is 1. The number of sulfone groups is 1. The van der Waals surface area contributed by atoms with E-state index < -0.39 is 9.84 Å². The first kappa shape index (κ1) is 25.1. The summed E-state index contributed by atoms with van der Waals surface area (Å²) in [5.74, 6) is 0.532. The first-order valence-corrected chi connectivity index (χ1v) is 13.2. The molecule has 3 aromatic carbocycles. The third kappa shape index (κ3) is 5.99. The van der Waals surface area contributed by atoms with Gasteiger partial charge in [-0.2, -0.15) is 0 Å². The molecule has 0 spiro atoms. The smallest absolute Gasteiger partial charge is 0.300 e. The average Bonchev–Trinajstić information content (AvgIpc) is 3.38. The van der Waals surface area contributed by atoms with Crippen LogP contribution in [0.5, 0.6) is 22.4 Å². The Morgan fingerprint density at radius 2 is 1.53 bits per heavy atom. The first-order valence-electron chi connectivity index (χ1n) is 10.8. The van der Waals surface area contributed by atoms with Gasteiger partial charge in [0.15, 0.2) is 11.5 Å². The van der Waals surface area contributed by atoms with E-state index in [1.54, 1.807) is 42.5 Å². The monoisotopic (exact) mass is 525 g/mol. The molecule has 4 rings (SSSR count). The van der Waals surface area contributed by atoms with E-state index in [1.165, 1.54) is 14.2 Å². The normalized spacial score (nSPS) is 11.1. The minimum Gasteiger partial charge on any atom is -0.493 e. The molecular weight excluding hydrogens is 502 g/mol. The number of hydrogen-bond acceptors (Lipinski definition) is 9. The summed E-state index contributed by atoms with van der Waals surface area (Å²) in [6.45, 7) is 0.401. The largest absolute Gasteiger partial charge is 0.493 e. The standard InChI is InChI=1S/C25H23N3O6S2/c1-32-20-9-6-10-21(33-2)22(20)34-24-27-28-25(35-24)36(30,31)16-18-11-13-19(14-12-18)23(29)26-15-17-7-4-3-5-8-17/h3-14H,15-16H2,1-2H3,(H,26,29). The quantitative estimate of drug-likeness (QED) is 0.327. The summed E-state index contributed by atoms with van der Waals surface area (Å²) in [5.41, 5.74) is 1.93. The van der Waals surface area contributed by atoms with Crippen molar-refractivity contribution >= 4 is 27.1 Å². The summed E-state index contributed by atoms with van der Waals surface area (Å²) in [7, 11) is -0.830. The molecule has 0 aliphatic carbocycles. The van der Waals surface area contributed by atoms with E-state index in [0.717, 1.165) is 16.9 Å². The summed E-state index contributed by atoms with van der Waals surface area (Å²) >= 11 is 0.797. The molecule has 36 heavy (non-hydrogen) atoms. The van der Waals surface area contributed by atoms with Crippen LogP contribution < -0.4 is 19.5 Å². The van der Waals surface area contributed by atoms with E-state index in [9.17, 15) is 13.2 Å². The average molecular weight is 526 g/mol. The van der Waals surface area contributed by atoms with Gasteiger partial charge in [0, 0.05) is 12.1 Å². The zero-order valence-corrected chi connectivity index (χ0v) is 21.1. The number of rotatable bonds is 10. The summed E-state index contributed by atoms with van der Waals surface area (Å²) < 4.78 is 41.9. The number of nitrogens with zero attached hydrogens (tertiary/aromatic N) is 2. The van der Waals surface area contributed by atoms with Gasteiger partial charge in [0.25, 0.3) is 5.91 Å². The second-order valence-electron chi connectivity index (χ2n) is 7.55. The van der Waals surface area contributed by atoms with Gasteiger partial charge in [0.1, 0.15) is 0 Å². The molecule has 1 aromatic heterocycles. The molecule has 11 heteroatoms. The maximum atomic E-state index is 12.9. The van der Waals surface area contributed by atoms with Gasteiger partial charge in [-0.1, -0.05) is 53.6 Å². The molecule has 0 atom stereocenters. The molecule has 0 aliphatic rings. The summed E-state index contributed by atoms with van der Waals surface area (Å²) in [5, 5.41) is 10.5. The Bertz CT molecular complexity index is 1420. The number of carbonyl (C=O) groups excluding carboxylic acids is 1. The van der Waals surface area contributed by atoms with Crippen LogP contribution in [-0.4, -0.2) is 38.7 Å². The van der Waals surface area contributed by atoms with Crippen molar-refractivity contribution in [3.05, 3.63) is 89.5 Å². The molecule has 0 radical (unpaired) electrons. The lowest BCUT2D eigenvalue weighted by atomic mass is 10.1. The maximum absolute atomic E-state index is 12.9. The molecule has 4 aromatic rings. The van der Waals surface area contributed by atoms with Gasteiger partial charge in [-0.25, -0.2) is 8.42 Å². The first-order chi connectivity index (χ1) is 17.4. The van der Waals surface area contributed by atoms with Crippen LogP contribution in [0.3, 0.4) is 0 Å². The lowest BCUT2D eigenvalue weighted by molar-refractivity contribution is 0.0951. The van der Waals surface area contributed by atoms with Crippen LogP contribution in [0.25, 0.3) is 0 Å². The Morgan fingerprint density at radius 3 is 2.17 bits per heavy atom. The van der Waals surface area contributed by atoms with Crippen LogP contribution in [0, 0.1) is 0 Å². The highest BCUT2D eigenvalue weighted by Crippen LogP contribution is 2.41. The topological polar surface area (TPSA) is 117 Å². The lowest BCUT2D eigenvalue weighted by Crippen LogP contribution is -2.22. The van der Waals surface area contributed by atoms with Gasteiger partial charge in [0.05, 0.1) is 20.0 Å². The number of nitrogens with one attached hydrogen (secondary N) is 1. The minimum atomic E-state index is -3.79. The van der Waals surface area contributed by atoms with Gasteiger partial charge >= 0.3 is 5.19 Å². The highest BCUT2D eigenvalue weighted by molar-refractivity contribution is 7.92. The van der Waals surface area contributed by atoms with Crippen LogP contribution in [0.15, 0.2) is 77.1 Å². The second-order valence-corrected chi connectivity index (χ2v) is 10.7. The van der Waals surface area contributed by atoms with Crippen molar-refractivity contribution in [2.45, 2.75) is 16.6 Å². The Morgan fingerprint density at radius 1 is 0.861 bits per heavy atom. The maximum Gasteiger partial charge on any atom is 0.300 e. The van der Waals surface area contributed by atoms with Crippen molar-refractivity contribution in [1.82, 2.24) is 15.5 Å². The van der Waals surface area contributed by atoms with Crippen LogP contribution in [0.4, 0.5) is 0 Å². The predicted molar refractivity (Wildman–Crippen MR) is 134 cm³/mol. The Hall–Kier alpha value is -3.96. The molecule has 0 fully saturated rings. The highest BCUT2D eigenvalue weighted by atomic mass is 32.2. The zero-order valence-electron chi connectivity index (χ0n) is 19.5. The van der Waals surface area contributed by atoms with Gasteiger partial charge in [-0.15, -0.1) is 5.10 Å². The lowest BCUT2D eigenvalue weighted by Gasteiger charge is -2.11. The zero-order chi connectivity index (χ0) is 25.5. The molecule has 0 bridgehead atoms. The second kappa shape index (κ2) is 11.2. The molecule has 1 heterocycles. The van der Waals surface area contributed by atoms with E-state index >= 15 is 0 Å². The van der Waals surface area contributed by atoms with E-state index in [0.29, 0.717) is 29.2 Å². The van der Waals surface area contributed by atoms with Crippen LogP contribution in [0.1, 0.15) is 21.5 Å². The number of benzene rings is 3. The van der Waals surface area contributed by atoms with Crippen LogP contribution >= 0.6 is 11.3 Å². The Kier molecular flexibility index (Phi) is 7.81. The number of para-hydroxylation sites is 1. The fourth-order valence-corrected chi connectivity index (χ4v) is 5.54. The number of carbonyl (C=O) groups is 1. The third-order valence-corrected chi connectivity index (χ3v) is 8.03. The third-order valence-electron chi connectivity index (χ3n) is 5.09. The number of aromatic nitrogens is 2.